The van der Waals surface area contributed by atoms with Gasteiger partial charge in [0.25, 0.3) is 5.91 Å². The average molecular weight is 295 g/mol. The molecule has 1 aromatic heterocycles. The van der Waals surface area contributed by atoms with Crippen molar-refractivity contribution in [2.45, 2.75) is 18.9 Å². The second-order valence-corrected chi connectivity index (χ2v) is 6.61. The number of nitrogens with zero attached hydrogens (tertiary/aromatic N) is 1. The van der Waals surface area contributed by atoms with Gasteiger partial charge in [-0.1, -0.05) is 11.8 Å². The summed E-state index contributed by atoms with van der Waals surface area (Å²) in [6, 6.07) is 4.08. The van der Waals surface area contributed by atoms with Crippen LogP contribution < -0.4 is 0 Å². The smallest absolute Gasteiger partial charge is 0.263 e. The molecule has 5 heteroatoms. The fourth-order valence-electron chi connectivity index (χ4n) is 1.89. The minimum atomic E-state index is 0.0756. The Morgan fingerprint density at radius 3 is 3.11 bits per heavy atom. The normalized spacial score (nSPS) is 17.9. The number of rotatable bonds is 3. The standard InChI is InChI=1S/C14H17NO2S2/c1-15(11-7-9-18-10-11)14(17)13-6-5-12(19-13)4-2-3-8-16/h5-6,11,16H,3,7-10H2,1H3. The number of hydrogen-bond donors (Lipinski definition) is 1. The van der Waals surface area contributed by atoms with E-state index in [0.717, 1.165) is 27.7 Å². The monoisotopic (exact) mass is 295 g/mol. The Hall–Kier alpha value is -0.960. The lowest BCUT2D eigenvalue weighted by Gasteiger charge is -2.22. The highest BCUT2D eigenvalue weighted by atomic mass is 32.2. The summed E-state index contributed by atoms with van der Waals surface area (Å²) in [7, 11) is 1.88. The number of hydrogen-bond acceptors (Lipinski definition) is 4. The molecule has 1 aromatic rings. The molecule has 0 aromatic carbocycles. The molecule has 102 valence electrons. The van der Waals surface area contributed by atoms with Crippen LogP contribution in [0, 0.1) is 11.8 Å². The van der Waals surface area contributed by atoms with Crippen LogP contribution in [-0.2, 0) is 0 Å². The highest BCUT2D eigenvalue weighted by Crippen LogP contribution is 2.24. The summed E-state index contributed by atoms with van der Waals surface area (Å²) in [4.78, 5) is 15.8. The zero-order valence-corrected chi connectivity index (χ0v) is 12.5. The van der Waals surface area contributed by atoms with Crippen LogP contribution in [0.25, 0.3) is 0 Å². The van der Waals surface area contributed by atoms with Gasteiger partial charge in [-0.25, -0.2) is 0 Å². The zero-order valence-electron chi connectivity index (χ0n) is 10.9. The zero-order chi connectivity index (χ0) is 13.7. The quantitative estimate of drug-likeness (QED) is 0.868. The van der Waals surface area contributed by atoms with E-state index in [2.05, 4.69) is 11.8 Å². The molecule has 2 heterocycles. The Balaban J connectivity index is 2.01. The van der Waals surface area contributed by atoms with Crippen molar-refractivity contribution in [3.05, 3.63) is 21.9 Å². The van der Waals surface area contributed by atoms with Crippen molar-refractivity contribution in [3.8, 4) is 11.8 Å². The summed E-state index contributed by atoms with van der Waals surface area (Å²) in [5, 5.41) is 8.67. The fraction of sp³-hybridized carbons (Fsp3) is 0.500. The van der Waals surface area contributed by atoms with E-state index in [9.17, 15) is 4.79 Å². The topological polar surface area (TPSA) is 40.5 Å². The Morgan fingerprint density at radius 2 is 2.42 bits per heavy atom. The lowest BCUT2D eigenvalue weighted by Crippen LogP contribution is -2.36. The minimum absolute atomic E-state index is 0.0756. The number of thioether (sulfide) groups is 1. The third kappa shape index (κ3) is 3.75. The Labute approximate surface area is 122 Å². The number of aliphatic hydroxyl groups is 1. The van der Waals surface area contributed by atoms with Crippen molar-refractivity contribution in [2.24, 2.45) is 0 Å². The van der Waals surface area contributed by atoms with Crippen molar-refractivity contribution >= 4 is 29.0 Å². The van der Waals surface area contributed by atoms with Gasteiger partial charge >= 0.3 is 0 Å². The summed E-state index contributed by atoms with van der Waals surface area (Å²) in [5.74, 6) is 8.11. The molecular weight excluding hydrogens is 278 g/mol. The lowest BCUT2D eigenvalue weighted by atomic mass is 10.2. The molecule has 1 aliphatic rings. The SMILES string of the molecule is CN(C(=O)c1ccc(C#CCCO)s1)C1CCSC1. The van der Waals surface area contributed by atoms with Crippen molar-refractivity contribution in [1.82, 2.24) is 4.90 Å². The predicted molar refractivity (Wildman–Crippen MR) is 80.7 cm³/mol. The number of aliphatic hydroxyl groups excluding tert-OH is 1. The maximum absolute atomic E-state index is 12.3. The van der Waals surface area contributed by atoms with Gasteiger partial charge in [-0.15, -0.1) is 11.3 Å². The van der Waals surface area contributed by atoms with Crippen molar-refractivity contribution in [3.63, 3.8) is 0 Å². The summed E-state index contributed by atoms with van der Waals surface area (Å²) in [5.41, 5.74) is 0. The van der Waals surface area contributed by atoms with Crippen molar-refractivity contribution in [1.29, 1.82) is 0 Å². The molecule has 2 rings (SSSR count). The van der Waals surface area contributed by atoms with E-state index in [1.807, 2.05) is 35.8 Å². The first kappa shape index (κ1) is 14.4. The molecule has 1 amide bonds. The molecule has 1 saturated heterocycles. The summed E-state index contributed by atoms with van der Waals surface area (Å²) in [6.45, 7) is 0.0756. The van der Waals surface area contributed by atoms with Crippen LogP contribution >= 0.6 is 23.1 Å². The first-order valence-corrected chi connectivity index (χ1v) is 8.24. The maximum atomic E-state index is 12.3. The third-order valence-corrected chi connectivity index (χ3v) is 5.17. The van der Waals surface area contributed by atoms with Gasteiger partial charge in [-0.2, -0.15) is 11.8 Å². The Bertz CT molecular complexity index is 495. The largest absolute Gasteiger partial charge is 0.395 e. The van der Waals surface area contributed by atoms with Crippen molar-refractivity contribution in [2.75, 3.05) is 25.2 Å². The molecule has 0 saturated carbocycles. The molecule has 3 nitrogen and oxygen atoms in total. The molecule has 1 fully saturated rings. The van der Waals surface area contributed by atoms with Gasteiger partial charge in [-0.05, 0) is 24.3 Å². The molecule has 0 radical (unpaired) electrons. The molecule has 1 aliphatic heterocycles. The van der Waals surface area contributed by atoms with Crippen LogP contribution in [0.3, 0.4) is 0 Å². The van der Waals surface area contributed by atoms with E-state index in [4.69, 9.17) is 5.11 Å². The molecule has 0 aliphatic carbocycles. The fourth-order valence-corrected chi connectivity index (χ4v) is 4.02. The highest BCUT2D eigenvalue weighted by molar-refractivity contribution is 7.99. The first-order chi connectivity index (χ1) is 9.22. The lowest BCUT2D eigenvalue weighted by molar-refractivity contribution is 0.0752. The van der Waals surface area contributed by atoms with Crippen molar-refractivity contribution < 1.29 is 9.90 Å². The second kappa shape index (κ2) is 6.99. The Morgan fingerprint density at radius 1 is 1.58 bits per heavy atom. The summed E-state index contributed by atoms with van der Waals surface area (Å²) in [6.07, 6.45) is 1.56. The van der Waals surface area contributed by atoms with Gasteiger partial charge in [0.15, 0.2) is 0 Å². The van der Waals surface area contributed by atoms with Gasteiger partial charge in [0.1, 0.15) is 0 Å². The van der Waals surface area contributed by atoms with Crippen LogP contribution in [0.15, 0.2) is 12.1 Å². The van der Waals surface area contributed by atoms with E-state index in [-0.39, 0.29) is 12.5 Å². The molecule has 0 bridgehead atoms. The van der Waals surface area contributed by atoms with Crippen LogP contribution in [0.5, 0.6) is 0 Å². The van der Waals surface area contributed by atoms with Crippen LogP contribution in [-0.4, -0.2) is 47.1 Å². The molecule has 1 N–H and O–H groups in total. The third-order valence-electron chi connectivity index (χ3n) is 3.04. The number of amides is 1. The minimum Gasteiger partial charge on any atom is -0.395 e. The van der Waals surface area contributed by atoms with E-state index < -0.39 is 0 Å². The van der Waals surface area contributed by atoms with Crippen LogP contribution in [0.4, 0.5) is 0 Å². The van der Waals surface area contributed by atoms with E-state index in [0.29, 0.717) is 12.5 Å². The molecule has 1 unspecified atom stereocenters. The van der Waals surface area contributed by atoms with E-state index >= 15 is 0 Å². The summed E-state index contributed by atoms with van der Waals surface area (Å²) >= 11 is 3.33. The molecular formula is C14H17NO2S2. The highest BCUT2D eigenvalue weighted by Gasteiger charge is 2.25. The van der Waals surface area contributed by atoms with Gasteiger partial charge in [0.05, 0.1) is 16.4 Å². The maximum Gasteiger partial charge on any atom is 0.263 e. The van der Waals surface area contributed by atoms with Gasteiger partial charge in [0, 0.05) is 25.3 Å². The number of carbonyl (C=O) groups excluding carboxylic acids is 1. The van der Waals surface area contributed by atoms with Crippen LogP contribution in [0.2, 0.25) is 0 Å². The van der Waals surface area contributed by atoms with Gasteiger partial charge in [0.2, 0.25) is 0 Å². The molecule has 1 atom stereocenters. The first-order valence-electron chi connectivity index (χ1n) is 6.27. The van der Waals surface area contributed by atoms with Crippen LogP contribution in [0.1, 0.15) is 27.4 Å². The van der Waals surface area contributed by atoms with E-state index in [1.165, 1.54) is 11.3 Å². The summed E-state index contributed by atoms with van der Waals surface area (Å²) < 4.78 is 0. The van der Waals surface area contributed by atoms with Gasteiger partial charge in [-0.3, -0.25) is 4.79 Å². The van der Waals surface area contributed by atoms with E-state index in [1.54, 1.807) is 0 Å². The number of thiophene rings is 1. The predicted octanol–water partition coefficient (Wildman–Crippen LogP) is 2.06. The Kier molecular flexibility index (Phi) is 5.32. The second-order valence-electron chi connectivity index (χ2n) is 4.37. The van der Waals surface area contributed by atoms with Gasteiger partial charge < -0.3 is 10.0 Å². The number of carbonyl (C=O) groups is 1. The molecule has 0 spiro atoms. The average Bonchev–Trinajstić information content (AvgIpc) is 3.08. The molecule has 19 heavy (non-hydrogen) atoms.